The summed E-state index contributed by atoms with van der Waals surface area (Å²) < 4.78 is 10.1. The van der Waals surface area contributed by atoms with Crippen LogP contribution in [-0.4, -0.2) is 34.5 Å². The van der Waals surface area contributed by atoms with Crippen LogP contribution in [0, 0.1) is 0 Å². The van der Waals surface area contributed by atoms with Crippen LogP contribution in [0.25, 0.3) is 16.7 Å². The van der Waals surface area contributed by atoms with Crippen molar-refractivity contribution >= 4 is 40.0 Å². The normalized spacial score (nSPS) is 14.3. The number of hydrogen-bond acceptors (Lipinski definition) is 7. The van der Waals surface area contributed by atoms with E-state index in [0.717, 1.165) is 35.9 Å². The third-order valence-electron chi connectivity index (χ3n) is 4.00. The molecule has 24 heavy (non-hydrogen) atoms. The third kappa shape index (κ3) is 2.13. The van der Waals surface area contributed by atoms with Crippen LogP contribution in [0.2, 0.25) is 0 Å². The monoisotopic (exact) mass is 337 g/mol. The third-order valence-corrected chi connectivity index (χ3v) is 4.54. The molecule has 0 radical (unpaired) electrons. The van der Waals surface area contributed by atoms with Crippen molar-refractivity contribution in [2.45, 2.75) is 18.8 Å². The summed E-state index contributed by atoms with van der Waals surface area (Å²) in [4.78, 5) is 12.6. The van der Waals surface area contributed by atoms with Crippen LogP contribution in [0.4, 0.5) is 5.69 Å². The van der Waals surface area contributed by atoms with Crippen molar-refractivity contribution in [2.24, 2.45) is 0 Å². The highest BCUT2D eigenvalue weighted by Crippen LogP contribution is 2.38. The van der Waals surface area contributed by atoms with E-state index in [4.69, 9.17) is 0 Å². The SMILES string of the molecule is O=C(Nc1cccc2nsnc12)c1ccc2nnc(C3CC3)n2n1. The van der Waals surface area contributed by atoms with Crippen LogP contribution >= 0.6 is 11.7 Å². The van der Waals surface area contributed by atoms with Crippen molar-refractivity contribution in [2.75, 3.05) is 5.32 Å². The fourth-order valence-corrected chi connectivity index (χ4v) is 3.17. The molecule has 1 aliphatic carbocycles. The first-order valence-electron chi connectivity index (χ1n) is 7.54. The number of carbonyl (C=O) groups excluding carboxylic acids is 1. The van der Waals surface area contributed by atoms with Crippen LogP contribution in [0.5, 0.6) is 0 Å². The topological polar surface area (TPSA) is 98.0 Å². The second-order valence-corrected chi connectivity index (χ2v) is 6.24. The summed E-state index contributed by atoms with van der Waals surface area (Å²) in [6, 6.07) is 8.90. The van der Waals surface area contributed by atoms with E-state index in [1.807, 2.05) is 12.1 Å². The molecule has 0 atom stereocenters. The number of benzene rings is 1. The summed E-state index contributed by atoms with van der Waals surface area (Å²) in [7, 11) is 0. The minimum absolute atomic E-state index is 0.298. The van der Waals surface area contributed by atoms with Gasteiger partial charge in [0.2, 0.25) is 0 Å². The van der Waals surface area contributed by atoms with E-state index >= 15 is 0 Å². The van der Waals surface area contributed by atoms with Crippen LogP contribution in [0.15, 0.2) is 30.3 Å². The first-order chi connectivity index (χ1) is 11.8. The van der Waals surface area contributed by atoms with Crippen molar-refractivity contribution in [3.8, 4) is 0 Å². The quantitative estimate of drug-likeness (QED) is 0.616. The van der Waals surface area contributed by atoms with E-state index in [-0.39, 0.29) is 5.91 Å². The molecule has 1 aliphatic rings. The molecule has 5 rings (SSSR count). The van der Waals surface area contributed by atoms with Gasteiger partial charge in [0.15, 0.2) is 11.5 Å². The number of nitrogens with one attached hydrogen (secondary N) is 1. The Morgan fingerprint density at radius 2 is 2.08 bits per heavy atom. The molecule has 118 valence electrons. The lowest BCUT2D eigenvalue weighted by Gasteiger charge is -2.05. The second kappa shape index (κ2) is 5.03. The summed E-state index contributed by atoms with van der Waals surface area (Å²) in [5.41, 5.74) is 3.03. The maximum Gasteiger partial charge on any atom is 0.276 e. The van der Waals surface area contributed by atoms with Gasteiger partial charge in [0.1, 0.15) is 16.7 Å². The molecule has 0 spiro atoms. The van der Waals surface area contributed by atoms with E-state index < -0.39 is 0 Å². The van der Waals surface area contributed by atoms with E-state index in [2.05, 4.69) is 29.4 Å². The van der Waals surface area contributed by atoms with Crippen molar-refractivity contribution in [1.29, 1.82) is 0 Å². The van der Waals surface area contributed by atoms with Gasteiger partial charge in [0.25, 0.3) is 5.91 Å². The van der Waals surface area contributed by atoms with Crippen molar-refractivity contribution in [3.63, 3.8) is 0 Å². The second-order valence-electron chi connectivity index (χ2n) is 5.71. The first-order valence-corrected chi connectivity index (χ1v) is 8.27. The average Bonchev–Trinajstić information content (AvgIpc) is 3.17. The molecule has 0 unspecified atom stereocenters. The van der Waals surface area contributed by atoms with Gasteiger partial charge in [-0.15, -0.1) is 10.2 Å². The highest BCUT2D eigenvalue weighted by Gasteiger charge is 2.29. The Kier molecular flexibility index (Phi) is 2.83. The number of carbonyl (C=O) groups is 1. The Morgan fingerprint density at radius 3 is 2.96 bits per heavy atom. The van der Waals surface area contributed by atoms with E-state index in [0.29, 0.717) is 28.5 Å². The number of nitrogens with zero attached hydrogens (tertiary/aromatic N) is 6. The van der Waals surface area contributed by atoms with Crippen LogP contribution in [0.3, 0.4) is 0 Å². The van der Waals surface area contributed by atoms with Crippen LogP contribution in [-0.2, 0) is 0 Å². The van der Waals surface area contributed by atoms with Gasteiger partial charge in [-0.2, -0.15) is 18.4 Å². The predicted octanol–water partition coefficient (Wildman–Crippen LogP) is 2.26. The fourth-order valence-electron chi connectivity index (χ4n) is 2.62. The molecule has 9 heteroatoms. The Hall–Kier alpha value is -2.94. The van der Waals surface area contributed by atoms with Gasteiger partial charge in [-0.3, -0.25) is 4.79 Å². The molecule has 3 heterocycles. The fraction of sp³-hybridized carbons (Fsp3) is 0.200. The molecule has 1 N–H and O–H groups in total. The lowest BCUT2D eigenvalue weighted by molar-refractivity contribution is 0.102. The minimum Gasteiger partial charge on any atom is -0.319 e. The number of anilines is 1. The Balaban J connectivity index is 1.51. The molecular formula is C15H11N7OS. The molecule has 1 aromatic carbocycles. The lowest BCUT2D eigenvalue weighted by Crippen LogP contribution is -2.16. The molecule has 1 saturated carbocycles. The average molecular weight is 337 g/mol. The standard InChI is InChI=1S/C15H11N7OS/c23-15(16-9-2-1-3-10-13(9)21-24-20-10)11-6-7-12-17-18-14(8-4-5-8)22(12)19-11/h1-3,6-8H,4-5H2,(H,16,23). The Bertz CT molecular complexity index is 1080. The molecule has 8 nitrogen and oxygen atoms in total. The molecule has 1 fully saturated rings. The highest BCUT2D eigenvalue weighted by molar-refractivity contribution is 7.00. The number of fused-ring (bicyclic) bond motifs is 2. The van der Waals surface area contributed by atoms with Crippen molar-refractivity contribution in [1.82, 2.24) is 28.6 Å². The van der Waals surface area contributed by atoms with Crippen LogP contribution in [0.1, 0.15) is 35.1 Å². The molecule has 1 amide bonds. The van der Waals surface area contributed by atoms with Gasteiger partial charge in [0, 0.05) is 5.92 Å². The molecular weight excluding hydrogens is 326 g/mol. The minimum atomic E-state index is -0.298. The molecule has 0 aliphatic heterocycles. The molecule has 0 saturated heterocycles. The number of hydrogen-bond donors (Lipinski definition) is 1. The number of rotatable bonds is 3. The van der Waals surface area contributed by atoms with Gasteiger partial charge < -0.3 is 5.32 Å². The molecule has 4 aromatic rings. The largest absolute Gasteiger partial charge is 0.319 e. The number of amides is 1. The number of aromatic nitrogens is 6. The zero-order chi connectivity index (χ0) is 16.1. The Labute approximate surface area is 139 Å². The van der Waals surface area contributed by atoms with Crippen molar-refractivity contribution in [3.05, 3.63) is 41.9 Å². The highest BCUT2D eigenvalue weighted by atomic mass is 32.1. The summed E-state index contributed by atoms with van der Waals surface area (Å²) in [6.07, 6.45) is 2.19. The zero-order valence-corrected chi connectivity index (χ0v) is 13.2. The maximum atomic E-state index is 12.6. The van der Waals surface area contributed by atoms with E-state index in [1.165, 1.54) is 0 Å². The summed E-state index contributed by atoms with van der Waals surface area (Å²) >= 11 is 1.12. The smallest absolute Gasteiger partial charge is 0.276 e. The van der Waals surface area contributed by atoms with Gasteiger partial charge in [-0.05, 0) is 37.1 Å². The summed E-state index contributed by atoms with van der Waals surface area (Å²) in [5.74, 6) is 0.930. The summed E-state index contributed by atoms with van der Waals surface area (Å²) in [6.45, 7) is 0. The summed E-state index contributed by atoms with van der Waals surface area (Å²) in [5, 5.41) is 15.5. The van der Waals surface area contributed by atoms with Crippen molar-refractivity contribution < 1.29 is 4.79 Å². The van der Waals surface area contributed by atoms with Gasteiger partial charge in [-0.1, -0.05) is 6.07 Å². The first kappa shape index (κ1) is 13.5. The van der Waals surface area contributed by atoms with Gasteiger partial charge in [-0.25, -0.2) is 0 Å². The van der Waals surface area contributed by atoms with Gasteiger partial charge in [0.05, 0.1) is 17.4 Å². The van der Waals surface area contributed by atoms with E-state index in [1.54, 1.807) is 22.7 Å². The van der Waals surface area contributed by atoms with Crippen LogP contribution < -0.4 is 5.32 Å². The zero-order valence-electron chi connectivity index (χ0n) is 12.4. The van der Waals surface area contributed by atoms with Gasteiger partial charge >= 0.3 is 0 Å². The predicted molar refractivity (Wildman–Crippen MR) is 88.1 cm³/mol. The molecule has 3 aromatic heterocycles. The lowest BCUT2D eigenvalue weighted by atomic mass is 10.2. The van der Waals surface area contributed by atoms with E-state index in [9.17, 15) is 4.79 Å². The molecule has 0 bridgehead atoms. The maximum absolute atomic E-state index is 12.6. The Morgan fingerprint density at radius 1 is 1.17 bits per heavy atom.